The molecule has 2 saturated carbocycles. The van der Waals surface area contributed by atoms with E-state index in [1.54, 1.807) is 0 Å². The van der Waals surface area contributed by atoms with Crippen LogP contribution in [0.3, 0.4) is 0 Å². The highest BCUT2D eigenvalue weighted by Crippen LogP contribution is 2.46. The third-order valence-corrected chi connectivity index (χ3v) is 3.60. The van der Waals surface area contributed by atoms with Crippen LogP contribution in [0, 0.1) is 5.92 Å². The first-order chi connectivity index (χ1) is 5.74. The molecule has 0 heterocycles. The highest BCUT2D eigenvalue weighted by molar-refractivity contribution is 5.05. The van der Waals surface area contributed by atoms with E-state index in [0.717, 1.165) is 5.92 Å². The zero-order chi connectivity index (χ0) is 8.60. The van der Waals surface area contributed by atoms with Gasteiger partial charge >= 0.3 is 0 Å². The van der Waals surface area contributed by atoms with E-state index in [1.807, 2.05) is 7.11 Å². The number of nitrogens with two attached hydrogens (primary N) is 1. The molecule has 2 atom stereocenters. The smallest absolute Gasteiger partial charge is 0.0574 e. The predicted octanol–water partition coefficient (Wildman–Crippen LogP) is 1.68. The van der Waals surface area contributed by atoms with Crippen LogP contribution in [0.25, 0.3) is 0 Å². The van der Waals surface area contributed by atoms with E-state index < -0.39 is 0 Å². The van der Waals surface area contributed by atoms with Gasteiger partial charge in [-0.05, 0) is 38.0 Å². The molecule has 2 rings (SSSR count). The van der Waals surface area contributed by atoms with Crippen molar-refractivity contribution in [3.8, 4) is 0 Å². The molecule has 0 aromatic rings. The van der Waals surface area contributed by atoms with Gasteiger partial charge < -0.3 is 10.5 Å². The van der Waals surface area contributed by atoms with Crippen molar-refractivity contribution in [3.05, 3.63) is 0 Å². The standard InChI is InChI=1S/C10H19NO/c1-12-9-4-2-3-8(7-9)10(11)5-6-10/h8-9H,2-7,11H2,1H3. The van der Waals surface area contributed by atoms with E-state index in [2.05, 4.69) is 0 Å². The Balaban J connectivity index is 1.90. The Bertz CT molecular complexity index is 165. The summed E-state index contributed by atoms with van der Waals surface area (Å²) < 4.78 is 5.39. The average molecular weight is 169 g/mol. The molecule has 0 aliphatic heterocycles. The van der Waals surface area contributed by atoms with Gasteiger partial charge in [-0.1, -0.05) is 6.42 Å². The van der Waals surface area contributed by atoms with E-state index in [4.69, 9.17) is 10.5 Å². The summed E-state index contributed by atoms with van der Waals surface area (Å²) in [4.78, 5) is 0. The van der Waals surface area contributed by atoms with Crippen LogP contribution in [0.1, 0.15) is 38.5 Å². The Kier molecular flexibility index (Phi) is 2.13. The highest BCUT2D eigenvalue weighted by atomic mass is 16.5. The van der Waals surface area contributed by atoms with Crippen molar-refractivity contribution >= 4 is 0 Å². The monoisotopic (exact) mass is 169 g/mol. The van der Waals surface area contributed by atoms with Crippen molar-refractivity contribution in [2.45, 2.75) is 50.2 Å². The van der Waals surface area contributed by atoms with E-state index in [1.165, 1.54) is 38.5 Å². The number of ether oxygens (including phenoxy) is 1. The van der Waals surface area contributed by atoms with Gasteiger partial charge in [0.2, 0.25) is 0 Å². The van der Waals surface area contributed by atoms with E-state index >= 15 is 0 Å². The fourth-order valence-electron chi connectivity index (χ4n) is 2.43. The largest absolute Gasteiger partial charge is 0.381 e. The predicted molar refractivity (Wildman–Crippen MR) is 48.9 cm³/mol. The van der Waals surface area contributed by atoms with Gasteiger partial charge in [-0.25, -0.2) is 0 Å². The first-order valence-corrected chi connectivity index (χ1v) is 5.06. The molecule has 2 aliphatic rings. The minimum atomic E-state index is 0.219. The lowest BCUT2D eigenvalue weighted by molar-refractivity contribution is 0.0429. The van der Waals surface area contributed by atoms with Gasteiger partial charge in [0.1, 0.15) is 0 Å². The lowest BCUT2D eigenvalue weighted by Gasteiger charge is -2.32. The van der Waals surface area contributed by atoms with Crippen LogP contribution in [-0.4, -0.2) is 18.8 Å². The fraction of sp³-hybridized carbons (Fsp3) is 1.00. The molecular weight excluding hydrogens is 150 g/mol. The molecule has 2 N–H and O–H groups in total. The zero-order valence-corrected chi connectivity index (χ0v) is 7.88. The molecule has 0 bridgehead atoms. The van der Waals surface area contributed by atoms with Gasteiger partial charge in [-0.2, -0.15) is 0 Å². The summed E-state index contributed by atoms with van der Waals surface area (Å²) in [6.45, 7) is 0. The molecule has 2 unspecified atom stereocenters. The van der Waals surface area contributed by atoms with Crippen molar-refractivity contribution < 1.29 is 4.74 Å². The molecule has 12 heavy (non-hydrogen) atoms. The summed E-state index contributed by atoms with van der Waals surface area (Å²) in [5, 5.41) is 0. The molecule has 0 saturated heterocycles. The first kappa shape index (κ1) is 8.52. The third kappa shape index (κ3) is 1.50. The summed E-state index contributed by atoms with van der Waals surface area (Å²) in [5.74, 6) is 0.746. The number of methoxy groups -OCH3 is 1. The summed E-state index contributed by atoms with van der Waals surface area (Å²) in [6.07, 6.45) is 8.06. The normalized spacial score (nSPS) is 39.5. The van der Waals surface area contributed by atoms with Gasteiger partial charge in [0.15, 0.2) is 0 Å². The molecule has 0 aromatic carbocycles. The van der Waals surface area contributed by atoms with E-state index in [9.17, 15) is 0 Å². The van der Waals surface area contributed by atoms with Crippen LogP contribution in [-0.2, 0) is 4.74 Å². The first-order valence-electron chi connectivity index (χ1n) is 5.06. The second-order valence-corrected chi connectivity index (χ2v) is 4.45. The van der Waals surface area contributed by atoms with E-state index in [0.29, 0.717) is 6.10 Å². The molecule has 0 amide bonds. The van der Waals surface area contributed by atoms with Crippen LogP contribution < -0.4 is 5.73 Å². The topological polar surface area (TPSA) is 35.2 Å². The molecule has 0 spiro atoms. The van der Waals surface area contributed by atoms with Crippen molar-refractivity contribution in [2.75, 3.05) is 7.11 Å². The van der Waals surface area contributed by atoms with Gasteiger partial charge in [0.25, 0.3) is 0 Å². The maximum absolute atomic E-state index is 6.18. The summed E-state index contributed by atoms with van der Waals surface area (Å²) in [5.41, 5.74) is 6.40. The van der Waals surface area contributed by atoms with Crippen molar-refractivity contribution in [2.24, 2.45) is 11.7 Å². The Morgan fingerprint density at radius 2 is 2.08 bits per heavy atom. The molecule has 2 nitrogen and oxygen atoms in total. The zero-order valence-electron chi connectivity index (χ0n) is 7.88. The van der Waals surface area contributed by atoms with Crippen LogP contribution in [0.15, 0.2) is 0 Å². The minimum absolute atomic E-state index is 0.219. The van der Waals surface area contributed by atoms with Crippen molar-refractivity contribution in [3.63, 3.8) is 0 Å². The van der Waals surface area contributed by atoms with Gasteiger partial charge in [-0.3, -0.25) is 0 Å². The summed E-state index contributed by atoms with van der Waals surface area (Å²) in [6, 6.07) is 0. The average Bonchev–Trinajstić information content (AvgIpc) is 2.85. The molecule has 2 aliphatic carbocycles. The van der Waals surface area contributed by atoms with Crippen LogP contribution in [0.4, 0.5) is 0 Å². The number of hydrogen-bond acceptors (Lipinski definition) is 2. The maximum Gasteiger partial charge on any atom is 0.0574 e. The minimum Gasteiger partial charge on any atom is -0.381 e. The molecule has 2 heteroatoms. The van der Waals surface area contributed by atoms with Crippen LogP contribution in [0.2, 0.25) is 0 Å². The molecular formula is C10H19NO. The lowest BCUT2D eigenvalue weighted by atomic mass is 9.81. The van der Waals surface area contributed by atoms with Gasteiger partial charge in [0.05, 0.1) is 6.10 Å². The third-order valence-electron chi connectivity index (χ3n) is 3.60. The Hall–Kier alpha value is -0.0800. The Morgan fingerprint density at radius 1 is 1.33 bits per heavy atom. The molecule has 0 radical (unpaired) electrons. The molecule has 0 aromatic heterocycles. The summed E-state index contributed by atoms with van der Waals surface area (Å²) in [7, 11) is 1.82. The van der Waals surface area contributed by atoms with Crippen molar-refractivity contribution in [1.82, 2.24) is 0 Å². The van der Waals surface area contributed by atoms with Crippen LogP contribution >= 0.6 is 0 Å². The maximum atomic E-state index is 6.18. The Morgan fingerprint density at radius 3 is 2.67 bits per heavy atom. The second-order valence-electron chi connectivity index (χ2n) is 4.45. The summed E-state index contributed by atoms with van der Waals surface area (Å²) >= 11 is 0. The van der Waals surface area contributed by atoms with Gasteiger partial charge in [-0.15, -0.1) is 0 Å². The number of rotatable bonds is 2. The number of hydrogen-bond donors (Lipinski definition) is 1. The SMILES string of the molecule is COC1CCCC(C2(N)CC2)C1. The fourth-order valence-corrected chi connectivity index (χ4v) is 2.43. The van der Waals surface area contributed by atoms with Crippen LogP contribution in [0.5, 0.6) is 0 Å². The second kappa shape index (κ2) is 3.00. The highest BCUT2D eigenvalue weighted by Gasteiger charge is 2.46. The Labute approximate surface area is 74.5 Å². The molecule has 70 valence electrons. The quantitative estimate of drug-likeness (QED) is 0.682. The van der Waals surface area contributed by atoms with E-state index in [-0.39, 0.29) is 5.54 Å². The van der Waals surface area contributed by atoms with Gasteiger partial charge in [0, 0.05) is 12.6 Å². The van der Waals surface area contributed by atoms with Crippen molar-refractivity contribution in [1.29, 1.82) is 0 Å². The lowest BCUT2D eigenvalue weighted by Crippen LogP contribution is -2.37. The molecule has 2 fully saturated rings.